The molecule has 2 N–H and O–H groups in total. The molecule has 0 spiro atoms. The first kappa shape index (κ1) is 20.3. The zero-order valence-corrected chi connectivity index (χ0v) is 16.3. The number of halogens is 2. The van der Waals surface area contributed by atoms with Crippen LogP contribution in [0.4, 0.5) is 25.1 Å². The van der Waals surface area contributed by atoms with Gasteiger partial charge in [-0.1, -0.05) is 32.0 Å². The lowest BCUT2D eigenvalue weighted by atomic mass is 9.93. The number of carbonyl (C=O) groups excluding carboxylic acids is 1. The molecule has 3 aromatic rings. The highest BCUT2D eigenvalue weighted by Gasteiger charge is 2.20. The fourth-order valence-electron chi connectivity index (χ4n) is 2.43. The van der Waals surface area contributed by atoms with Gasteiger partial charge in [0.1, 0.15) is 29.8 Å². The smallest absolute Gasteiger partial charge is 0.324 e. The summed E-state index contributed by atoms with van der Waals surface area (Å²) in [6, 6.07) is 11.2. The largest absolute Gasteiger partial charge is 0.489 e. The molecule has 8 heteroatoms. The highest BCUT2D eigenvalue weighted by molar-refractivity contribution is 5.99. The summed E-state index contributed by atoms with van der Waals surface area (Å²) in [6.45, 7) is 5.68. The van der Waals surface area contributed by atoms with Crippen molar-refractivity contribution in [2.75, 3.05) is 10.6 Å². The molecule has 152 valence electrons. The van der Waals surface area contributed by atoms with Gasteiger partial charge in [-0.3, -0.25) is 5.32 Å². The second-order valence-electron chi connectivity index (χ2n) is 7.42. The summed E-state index contributed by atoms with van der Waals surface area (Å²) in [5.74, 6) is 0.0367. The van der Waals surface area contributed by atoms with Gasteiger partial charge in [-0.25, -0.2) is 13.6 Å². The number of urea groups is 1. The van der Waals surface area contributed by atoms with Crippen molar-refractivity contribution < 1.29 is 22.8 Å². The van der Waals surface area contributed by atoms with Crippen molar-refractivity contribution in [3.05, 3.63) is 71.5 Å². The van der Waals surface area contributed by atoms with Crippen LogP contribution in [-0.2, 0) is 12.0 Å². The number of hydrogen-bond acceptors (Lipinski definition) is 4. The third-order valence-corrected chi connectivity index (χ3v) is 4.05. The van der Waals surface area contributed by atoms with Gasteiger partial charge in [-0.05, 0) is 36.4 Å². The molecular formula is C21H21F2N3O3. The molecule has 0 aliphatic heterocycles. The number of nitrogens with one attached hydrogen (secondary N) is 2. The molecular weight excluding hydrogens is 380 g/mol. The predicted molar refractivity (Wildman–Crippen MR) is 105 cm³/mol. The third kappa shape index (κ3) is 5.31. The van der Waals surface area contributed by atoms with Gasteiger partial charge in [-0.2, -0.15) is 0 Å². The second-order valence-corrected chi connectivity index (χ2v) is 7.42. The Morgan fingerprint density at radius 1 is 1.07 bits per heavy atom. The summed E-state index contributed by atoms with van der Waals surface area (Å²) < 4.78 is 37.9. The normalized spacial score (nSPS) is 11.2. The Balaban J connectivity index is 1.55. The Morgan fingerprint density at radius 3 is 2.31 bits per heavy atom. The van der Waals surface area contributed by atoms with Gasteiger partial charge in [0.15, 0.2) is 5.82 Å². The van der Waals surface area contributed by atoms with Crippen LogP contribution >= 0.6 is 0 Å². The van der Waals surface area contributed by atoms with Crippen molar-refractivity contribution in [1.29, 1.82) is 0 Å². The zero-order chi connectivity index (χ0) is 21.0. The molecule has 0 atom stereocenters. The number of hydrogen-bond donors (Lipinski definition) is 2. The molecule has 0 aliphatic carbocycles. The Bertz CT molecular complexity index is 975. The van der Waals surface area contributed by atoms with Crippen LogP contribution in [0.1, 0.15) is 32.1 Å². The van der Waals surface area contributed by atoms with E-state index in [0.717, 1.165) is 0 Å². The maximum absolute atomic E-state index is 13.6. The first-order valence-electron chi connectivity index (χ1n) is 8.93. The average molecular weight is 401 g/mol. The van der Waals surface area contributed by atoms with Crippen LogP contribution in [0.3, 0.4) is 0 Å². The van der Waals surface area contributed by atoms with E-state index in [1.807, 2.05) is 20.8 Å². The number of benzene rings is 2. The van der Waals surface area contributed by atoms with E-state index in [9.17, 15) is 13.6 Å². The van der Waals surface area contributed by atoms with Gasteiger partial charge in [0.05, 0.1) is 5.56 Å². The second kappa shape index (κ2) is 8.30. The molecule has 2 amide bonds. The number of ether oxygens (including phenoxy) is 1. The number of nitrogens with zero attached hydrogens (tertiary/aromatic N) is 1. The standard InChI is InChI=1S/C21H21F2N3O3/c1-21(2,3)18-11-19(26-29-18)25-20(27)24-13-7-9-14(10-8-13)28-12-15-16(22)5-4-6-17(15)23/h4-11H,12H2,1-3H3,(H2,24,25,26,27). The molecule has 0 radical (unpaired) electrons. The van der Waals surface area contributed by atoms with E-state index in [-0.39, 0.29) is 17.6 Å². The van der Waals surface area contributed by atoms with Gasteiger partial charge in [0.2, 0.25) is 0 Å². The van der Waals surface area contributed by atoms with E-state index in [1.165, 1.54) is 18.2 Å². The highest BCUT2D eigenvalue weighted by Crippen LogP contribution is 2.24. The quantitative estimate of drug-likeness (QED) is 0.594. The summed E-state index contributed by atoms with van der Waals surface area (Å²) >= 11 is 0. The van der Waals surface area contributed by atoms with Crippen LogP contribution < -0.4 is 15.4 Å². The summed E-state index contributed by atoms with van der Waals surface area (Å²) in [4.78, 5) is 12.1. The Hall–Kier alpha value is -3.42. The zero-order valence-electron chi connectivity index (χ0n) is 16.3. The Kier molecular flexibility index (Phi) is 5.81. The molecule has 6 nitrogen and oxygen atoms in total. The van der Waals surface area contributed by atoms with Crippen LogP contribution in [0.15, 0.2) is 53.1 Å². The molecule has 3 rings (SSSR count). The topological polar surface area (TPSA) is 76.4 Å². The van der Waals surface area contributed by atoms with Crippen molar-refractivity contribution in [2.45, 2.75) is 32.8 Å². The van der Waals surface area contributed by atoms with E-state index < -0.39 is 17.7 Å². The lowest BCUT2D eigenvalue weighted by Gasteiger charge is -2.12. The van der Waals surface area contributed by atoms with Crippen LogP contribution in [-0.4, -0.2) is 11.2 Å². The minimum Gasteiger partial charge on any atom is -0.489 e. The predicted octanol–water partition coefficient (Wildman–Crippen LogP) is 5.47. The highest BCUT2D eigenvalue weighted by atomic mass is 19.1. The molecule has 0 saturated carbocycles. The average Bonchev–Trinajstić information content (AvgIpc) is 3.11. The minimum absolute atomic E-state index is 0.142. The summed E-state index contributed by atoms with van der Waals surface area (Å²) in [5.41, 5.74) is 0.146. The summed E-state index contributed by atoms with van der Waals surface area (Å²) in [5, 5.41) is 9.05. The fourth-order valence-corrected chi connectivity index (χ4v) is 2.43. The molecule has 0 bridgehead atoms. The van der Waals surface area contributed by atoms with Crippen LogP contribution in [0.5, 0.6) is 5.75 Å². The van der Waals surface area contributed by atoms with Gasteiger partial charge in [0.25, 0.3) is 0 Å². The maximum Gasteiger partial charge on any atom is 0.324 e. The first-order chi connectivity index (χ1) is 13.7. The fraction of sp³-hybridized carbons (Fsp3) is 0.238. The molecule has 0 aliphatic rings. The van der Waals surface area contributed by atoms with E-state index in [0.29, 0.717) is 23.0 Å². The number of amides is 2. The van der Waals surface area contributed by atoms with Crippen molar-refractivity contribution in [3.63, 3.8) is 0 Å². The van der Waals surface area contributed by atoms with Crippen LogP contribution in [0.25, 0.3) is 0 Å². The SMILES string of the molecule is CC(C)(C)c1cc(NC(=O)Nc2ccc(OCc3c(F)cccc3F)cc2)no1. The van der Waals surface area contributed by atoms with E-state index in [2.05, 4.69) is 15.8 Å². The van der Waals surface area contributed by atoms with Gasteiger partial charge in [0, 0.05) is 17.2 Å². The number of anilines is 2. The Labute approximate surface area is 166 Å². The lowest BCUT2D eigenvalue weighted by Crippen LogP contribution is -2.19. The number of carbonyl (C=O) groups is 1. The van der Waals surface area contributed by atoms with E-state index in [4.69, 9.17) is 9.26 Å². The van der Waals surface area contributed by atoms with Crippen molar-refractivity contribution in [3.8, 4) is 5.75 Å². The first-order valence-corrected chi connectivity index (χ1v) is 8.93. The van der Waals surface area contributed by atoms with E-state index in [1.54, 1.807) is 30.3 Å². The van der Waals surface area contributed by atoms with Gasteiger partial charge in [-0.15, -0.1) is 0 Å². The molecule has 2 aromatic carbocycles. The molecule has 0 saturated heterocycles. The molecule has 0 fully saturated rings. The third-order valence-electron chi connectivity index (χ3n) is 4.05. The van der Waals surface area contributed by atoms with E-state index >= 15 is 0 Å². The molecule has 1 heterocycles. The van der Waals surface area contributed by atoms with Crippen LogP contribution in [0, 0.1) is 11.6 Å². The molecule has 0 unspecified atom stereocenters. The minimum atomic E-state index is -0.664. The van der Waals surface area contributed by atoms with Crippen molar-refractivity contribution in [1.82, 2.24) is 5.16 Å². The van der Waals surface area contributed by atoms with Crippen molar-refractivity contribution >= 4 is 17.5 Å². The number of aromatic nitrogens is 1. The maximum atomic E-state index is 13.6. The van der Waals surface area contributed by atoms with Crippen LogP contribution in [0.2, 0.25) is 0 Å². The van der Waals surface area contributed by atoms with Crippen molar-refractivity contribution in [2.24, 2.45) is 0 Å². The van der Waals surface area contributed by atoms with Gasteiger partial charge >= 0.3 is 6.03 Å². The Morgan fingerprint density at radius 2 is 1.72 bits per heavy atom. The lowest BCUT2D eigenvalue weighted by molar-refractivity contribution is 0.261. The monoisotopic (exact) mass is 401 g/mol. The summed E-state index contributed by atoms with van der Waals surface area (Å²) in [7, 11) is 0. The van der Waals surface area contributed by atoms with Gasteiger partial charge < -0.3 is 14.6 Å². The number of rotatable bonds is 5. The molecule has 1 aromatic heterocycles. The summed E-state index contributed by atoms with van der Waals surface area (Å²) in [6.07, 6.45) is 0. The molecule has 29 heavy (non-hydrogen) atoms.